The maximum atomic E-state index is 5.50. The first-order valence-corrected chi connectivity index (χ1v) is 7.54. The van der Waals surface area contributed by atoms with Gasteiger partial charge >= 0.3 is 0 Å². The number of imidazole rings is 1. The topological polar surface area (TPSA) is 38.5 Å². The SMILES string of the molecule is CCn1nc(C)c2[nH]c(=S)n(C(C)CCC(C)C)c21. The van der Waals surface area contributed by atoms with Gasteiger partial charge in [0.25, 0.3) is 0 Å². The van der Waals surface area contributed by atoms with Crippen molar-refractivity contribution in [2.24, 2.45) is 5.92 Å². The molecule has 2 aromatic heterocycles. The van der Waals surface area contributed by atoms with Gasteiger partial charge in [-0.3, -0.25) is 4.57 Å². The van der Waals surface area contributed by atoms with E-state index in [9.17, 15) is 0 Å². The molecule has 0 aliphatic carbocycles. The lowest BCUT2D eigenvalue weighted by atomic mass is 10.0. The molecule has 1 atom stereocenters. The van der Waals surface area contributed by atoms with Gasteiger partial charge in [-0.05, 0) is 51.7 Å². The smallest absolute Gasteiger partial charge is 0.179 e. The van der Waals surface area contributed by atoms with Gasteiger partial charge in [0.1, 0.15) is 5.52 Å². The number of aromatic amines is 1. The van der Waals surface area contributed by atoms with Crippen LogP contribution < -0.4 is 0 Å². The maximum Gasteiger partial charge on any atom is 0.179 e. The lowest BCUT2D eigenvalue weighted by molar-refractivity contribution is 0.437. The molecular weight excluding hydrogens is 256 g/mol. The van der Waals surface area contributed by atoms with E-state index in [1.54, 1.807) is 0 Å². The van der Waals surface area contributed by atoms with E-state index >= 15 is 0 Å². The lowest BCUT2D eigenvalue weighted by Crippen LogP contribution is -2.10. The standard InChI is InChI=1S/C14H24N4S/c1-6-17-13-12(11(5)16-17)15-14(19)18(13)10(4)8-7-9(2)3/h9-10H,6-8H2,1-5H3,(H,15,19). The number of aromatic nitrogens is 4. The first-order chi connectivity index (χ1) is 8.95. The summed E-state index contributed by atoms with van der Waals surface area (Å²) in [6.45, 7) is 11.8. The van der Waals surface area contributed by atoms with Crippen molar-refractivity contribution in [3.05, 3.63) is 10.5 Å². The Bertz CT molecular complexity index is 617. The van der Waals surface area contributed by atoms with Crippen molar-refractivity contribution in [1.82, 2.24) is 19.3 Å². The molecule has 0 amide bonds. The summed E-state index contributed by atoms with van der Waals surface area (Å²) in [6, 6.07) is 0.407. The van der Waals surface area contributed by atoms with Crippen LogP contribution in [0, 0.1) is 17.6 Å². The van der Waals surface area contributed by atoms with Crippen LogP contribution in [0.1, 0.15) is 52.3 Å². The van der Waals surface area contributed by atoms with Gasteiger partial charge in [-0.25, -0.2) is 4.68 Å². The van der Waals surface area contributed by atoms with Crippen molar-refractivity contribution in [1.29, 1.82) is 0 Å². The van der Waals surface area contributed by atoms with Crippen LogP contribution >= 0.6 is 12.2 Å². The van der Waals surface area contributed by atoms with Crippen molar-refractivity contribution in [3.63, 3.8) is 0 Å². The molecule has 4 nitrogen and oxygen atoms in total. The van der Waals surface area contributed by atoms with Crippen LogP contribution in [0.4, 0.5) is 0 Å². The first-order valence-electron chi connectivity index (χ1n) is 7.13. The molecule has 0 bridgehead atoms. The number of nitrogens with one attached hydrogen (secondary N) is 1. The van der Waals surface area contributed by atoms with E-state index < -0.39 is 0 Å². The number of hydrogen-bond donors (Lipinski definition) is 1. The van der Waals surface area contributed by atoms with Crippen LogP contribution in [-0.4, -0.2) is 19.3 Å². The Morgan fingerprint density at radius 2 is 1.95 bits per heavy atom. The third-order valence-corrected chi connectivity index (χ3v) is 3.98. The van der Waals surface area contributed by atoms with E-state index in [4.69, 9.17) is 12.2 Å². The zero-order chi connectivity index (χ0) is 14.2. The Hall–Kier alpha value is -1.10. The molecule has 0 spiro atoms. The summed E-state index contributed by atoms with van der Waals surface area (Å²) in [5.74, 6) is 0.726. The summed E-state index contributed by atoms with van der Waals surface area (Å²) in [7, 11) is 0. The Morgan fingerprint density at radius 1 is 1.26 bits per heavy atom. The van der Waals surface area contributed by atoms with E-state index in [1.807, 2.05) is 11.6 Å². The van der Waals surface area contributed by atoms with Gasteiger partial charge in [0, 0.05) is 12.6 Å². The third-order valence-electron chi connectivity index (χ3n) is 3.68. The van der Waals surface area contributed by atoms with Gasteiger partial charge in [-0.2, -0.15) is 5.10 Å². The second-order valence-electron chi connectivity index (χ2n) is 5.72. The average molecular weight is 280 g/mol. The molecule has 106 valence electrons. The Kier molecular flexibility index (Phi) is 4.13. The minimum absolute atomic E-state index is 0.407. The van der Waals surface area contributed by atoms with E-state index in [0.29, 0.717) is 6.04 Å². The molecule has 0 aliphatic heterocycles. The summed E-state index contributed by atoms with van der Waals surface area (Å²) in [5, 5.41) is 4.57. The van der Waals surface area contributed by atoms with E-state index in [1.165, 1.54) is 6.42 Å². The molecule has 1 unspecified atom stereocenters. The predicted molar refractivity (Wildman–Crippen MR) is 82.1 cm³/mol. The summed E-state index contributed by atoms with van der Waals surface area (Å²) in [6.07, 6.45) is 2.36. The zero-order valence-electron chi connectivity index (χ0n) is 12.5. The molecule has 0 fully saturated rings. The molecule has 0 aromatic carbocycles. The van der Waals surface area contributed by atoms with Gasteiger partial charge in [0.15, 0.2) is 10.4 Å². The summed E-state index contributed by atoms with van der Waals surface area (Å²) < 4.78 is 5.09. The fourth-order valence-electron chi connectivity index (χ4n) is 2.56. The van der Waals surface area contributed by atoms with Crippen LogP contribution in [0.25, 0.3) is 11.2 Å². The van der Waals surface area contributed by atoms with E-state index in [2.05, 4.69) is 42.3 Å². The number of aryl methyl sites for hydroxylation is 2. The van der Waals surface area contributed by atoms with Crippen molar-refractivity contribution >= 4 is 23.4 Å². The Labute approximate surface area is 119 Å². The highest BCUT2D eigenvalue weighted by molar-refractivity contribution is 7.71. The molecule has 1 N–H and O–H groups in total. The maximum absolute atomic E-state index is 5.50. The number of nitrogens with zero attached hydrogens (tertiary/aromatic N) is 3. The van der Waals surface area contributed by atoms with Crippen LogP contribution in [0.15, 0.2) is 0 Å². The van der Waals surface area contributed by atoms with E-state index in [0.717, 1.165) is 40.5 Å². The highest BCUT2D eigenvalue weighted by Crippen LogP contribution is 2.25. The van der Waals surface area contributed by atoms with Gasteiger partial charge in [-0.15, -0.1) is 0 Å². The third kappa shape index (κ3) is 2.61. The number of hydrogen-bond acceptors (Lipinski definition) is 2. The van der Waals surface area contributed by atoms with Crippen molar-refractivity contribution in [2.45, 2.75) is 60.0 Å². The van der Waals surface area contributed by atoms with E-state index in [-0.39, 0.29) is 0 Å². The number of H-pyrrole nitrogens is 1. The fraction of sp³-hybridized carbons (Fsp3) is 0.714. The highest BCUT2D eigenvalue weighted by Gasteiger charge is 2.17. The number of rotatable bonds is 5. The minimum Gasteiger partial charge on any atom is -0.328 e. The fourth-order valence-corrected chi connectivity index (χ4v) is 2.93. The summed E-state index contributed by atoms with van der Waals surface area (Å²) >= 11 is 5.50. The quantitative estimate of drug-likeness (QED) is 0.833. The zero-order valence-corrected chi connectivity index (χ0v) is 13.3. The molecular formula is C14H24N4S. The average Bonchev–Trinajstić information content (AvgIpc) is 2.83. The summed E-state index contributed by atoms with van der Waals surface area (Å²) in [4.78, 5) is 3.31. The molecule has 5 heteroatoms. The minimum atomic E-state index is 0.407. The lowest BCUT2D eigenvalue weighted by Gasteiger charge is -2.16. The van der Waals surface area contributed by atoms with Crippen molar-refractivity contribution < 1.29 is 0 Å². The van der Waals surface area contributed by atoms with Gasteiger partial charge < -0.3 is 4.98 Å². The Balaban J connectivity index is 2.47. The second-order valence-corrected chi connectivity index (χ2v) is 6.11. The molecule has 0 saturated heterocycles. The molecule has 19 heavy (non-hydrogen) atoms. The molecule has 0 saturated carbocycles. The monoisotopic (exact) mass is 280 g/mol. The normalized spacial score (nSPS) is 13.6. The van der Waals surface area contributed by atoms with Gasteiger partial charge in [0.2, 0.25) is 0 Å². The first kappa shape index (κ1) is 14.3. The van der Waals surface area contributed by atoms with Gasteiger partial charge in [0.05, 0.1) is 5.69 Å². The molecule has 0 radical (unpaired) electrons. The molecule has 0 aliphatic rings. The molecule has 2 heterocycles. The van der Waals surface area contributed by atoms with Crippen LogP contribution in [-0.2, 0) is 6.54 Å². The van der Waals surface area contributed by atoms with Gasteiger partial charge in [-0.1, -0.05) is 13.8 Å². The van der Waals surface area contributed by atoms with Crippen molar-refractivity contribution in [2.75, 3.05) is 0 Å². The highest BCUT2D eigenvalue weighted by atomic mass is 32.1. The largest absolute Gasteiger partial charge is 0.328 e. The molecule has 2 rings (SSSR count). The summed E-state index contributed by atoms with van der Waals surface area (Å²) in [5.41, 5.74) is 3.25. The Morgan fingerprint density at radius 3 is 2.53 bits per heavy atom. The van der Waals surface area contributed by atoms with Crippen LogP contribution in [0.5, 0.6) is 0 Å². The second kappa shape index (κ2) is 5.49. The predicted octanol–water partition coefficient (Wildman–Crippen LogP) is 4.22. The van der Waals surface area contributed by atoms with Crippen LogP contribution in [0.3, 0.4) is 0 Å². The number of fused-ring (bicyclic) bond motifs is 1. The molecule has 2 aromatic rings. The van der Waals surface area contributed by atoms with Crippen LogP contribution in [0.2, 0.25) is 0 Å². The van der Waals surface area contributed by atoms with Crippen molar-refractivity contribution in [3.8, 4) is 0 Å².